The number of anilines is 1. The molecule has 0 bridgehead atoms. The van der Waals surface area contributed by atoms with Gasteiger partial charge in [-0.2, -0.15) is 0 Å². The van der Waals surface area contributed by atoms with Crippen molar-refractivity contribution < 1.29 is 80.5 Å². The Kier molecular flexibility index (Phi) is 16.7. The summed E-state index contributed by atoms with van der Waals surface area (Å²) >= 11 is 1.04. The van der Waals surface area contributed by atoms with Crippen LogP contribution in [-0.2, 0) is 50.7 Å². The first-order valence-corrected chi connectivity index (χ1v) is 21.5. The quantitative estimate of drug-likeness (QED) is 0.0492. The Morgan fingerprint density at radius 1 is 1.11 bits per heavy atom. The Labute approximate surface area is 318 Å². The van der Waals surface area contributed by atoms with Gasteiger partial charge in [0.05, 0.1) is 27.4 Å². The van der Waals surface area contributed by atoms with E-state index < -0.39 is 84.6 Å². The SMILES string of the molecule is CC/C=C(\C)C(=O)SCCNC(=O)CCNC(=O)[C@H](O)C(C)(C)COP(=O)([O-])OP(=O)([O-])OC[C@H]1O[C@@H](n2cnc3c(N)ncnc32)[C@H](O)[C@@H]1OP(=O)([O-])[O-]. The molecule has 310 valence electrons. The molecule has 0 saturated carbocycles. The minimum atomic E-state index is -5.91. The van der Waals surface area contributed by atoms with Gasteiger partial charge in [0.15, 0.2) is 17.7 Å². The molecule has 2 unspecified atom stereocenters. The highest BCUT2D eigenvalue weighted by Crippen LogP contribution is 2.56. The lowest BCUT2D eigenvalue weighted by molar-refractivity contribution is -0.347. The predicted molar refractivity (Wildman–Crippen MR) is 182 cm³/mol. The van der Waals surface area contributed by atoms with Crippen LogP contribution < -0.4 is 35.9 Å². The number of thioether (sulfide) groups is 1. The Bertz CT molecular complexity index is 1860. The number of phosphoric acid groups is 3. The third kappa shape index (κ3) is 14.0. The number of rotatable bonds is 21. The topological polar surface area (TPSA) is 375 Å². The van der Waals surface area contributed by atoms with E-state index in [-0.39, 0.29) is 41.6 Å². The van der Waals surface area contributed by atoms with Crippen molar-refractivity contribution in [3.63, 3.8) is 0 Å². The lowest BCUT2D eigenvalue weighted by atomic mass is 9.87. The smallest absolute Gasteiger partial charge is 0.274 e. The highest BCUT2D eigenvalue weighted by Gasteiger charge is 2.47. The molecule has 1 fully saturated rings. The van der Waals surface area contributed by atoms with E-state index in [1.165, 1.54) is 13.8 Å². The molecular formula is C27H40N7O17P3S-4. The van der Waals surface area contributed by atoms with Crippen molar-refractivity contribution in [3.05, 3.63) is 24.3 Å². The summed E-state index contributed by atoms with van der Waals surface area (Å²) in [4.78, 5) is 95.9. The van der Waals surface area contributed by atoms with E-state index >= 15 is 0 Å². The molecule has 24 nitrogen and oxygen atoms in total. The first-order valence-electron chi connectivity index (χ1n) is 16.1. The Hall–Kier alpha value is -2.70. The fraction of sp³-hybridized carbons (Fsp3) is 0.630. The third-order valence-electron chi connectivity index (χ3n) is 7.54. The van der Waals surface area contributed by atoms with Crippen LogP contribution in [0.3, 0.4) is 0 Å². The molecule has 0 aromatic carbocycles. The van der Waals surface area contributed by atoms with Crippen molar-refractivity contribution in [2.75, 3.05) is 37.8 Å². The molecule has 1 saturated heterocycles. The fourth-order valence-corrected chi connectivity index (χ4v) is 8.19. The number of phosphoric ester groups is 3. The van der Waals surface area contributed by atoms with E-state index in [0.29, 0.717) is 17.7 Å². The van der Waals surface area contributed by atoms with E-state index in [4.69, 9.17) is 10.5 Å². The van der Waals surface area contributed by atoms with Gasteiger partial charge in [0.1, 0.15) is 36.3 Å². The number of hydrogen-bond donors (Lipinski definition) is 5. The summed E-state index contributed by atoms with van der Waals surface area (Å²) in [5, 5.41) is 26.1. The maximum atomic E-state index is 12.5. The number of aliphatic hydroxyl groups is 2. The number of nitrogens with one attached hydrogen (secondary N) is 2. The number of amides is 2. The monoisotopic (exact) mass is 859 g/mol. The molecule has 28 heteroatoms. The van der Waals surface area contributed by atoms with Gasteiger partial charge in [-0.25, -0.2) is 19.3 Å². The number of carbonyl (C=O) groups is 3. The second-order valence-electron chi connectivity index (χ2n) is 12.4. The summed E-state index contributed by atoms with van der Waals surface area (Å²) < 4.78 is 60.4. The van der Waals surface area contributed by atoms with Gasteiger partial charge in [-0.1, -0.05) is 38.6 Å². The lowest BCUT2D eigenvalue weighted by Crippen LogP contribution is -2.46. The Balaban J connectivity index is 1.50. The minimum absolute atomic E-state index is 0.0215. The second-order valence-corrected chi connectivity index (χ2v) is 17.5. The maximum Gasteiger partial charge on any atom is 0.274 e. The molecule has 2 aromatic heterocycles. The first-order chi connectivity index (χ1) is 25.5. The summed E-state index contributed by atoms with van der Waals surface area (Å²) in [7, 11) is -17.6. The standard InChI is InChI=1S/C27H44N7O17P3S/c1-5-6-15(2)26(39)55-10-9-29-17(35)7-8-30-24(38)21(37)27(3,4)12-48-54(45,46)51-53(43,44)47-11-16-20(50-52(40,41)42)19(36)25(49-16)34-14-33-18-22(28)31-13-32-23(18)34/h6,13-14,16,19-21,25,36-37H,5,7-12H2,1-4H3,(H,29,35)(H,30,38)(H,43,44)(H,45,46)(H2,28,31,32)(H2,40,41,42)/p-4/b15-6+/t16-,19-,20-,21+,25-/m1/s1. The van der Waals surface area contributed by atoms with Crippen molar-refractivity contribution in [1.82, 2.24) is 30.2 Å². The van der Waals surface area contributed by atoms with E-state index in [1.807, 2.05) is 6.92 Å². The zero-order chi connectivity index (χ0) is 41.4. The number of nitrogens with two attached hydrogens (primary N) is 1. The van der Waals surface area contributed by atoms with Crippen molar-refractivity contribution in [2.24, 2.45) is 5.41 Å². The molecule has 2 amide bonds. The lowest BCUT2D eigenvalue weighted by Gasteiger charge is -2.36. The zero-order valence-corrected chi connectivity index (χ0v) is 33.2. The number of ether oxygens (including phenoxy) is 1. The van der Waals surface area contributed by atoms with Crippen LogP contribution in [0.4, 0.5) is 5.82 Å². The van der Waals surface area contributed by atoms with Crippen LogP contribution in [0.25, 0.3) is 11.2 Å². The summed E-state index contributed by atoms with van der Waals surface area (Å²) in [6.07, 6.45) is -5.09. The number of nitrogens with zero attached hydrogens (tertiary/aromatic N) is 4. The van der Waals surface area contributed by atoms with Gasteiger partial charge >= 0.3 is 0 Å². The van der Waals surface area contributed by atoms with Gasteiger partial charge in [-0.15, -0.1) is 0 Å². The van der Waals surface area contributed by atoms with E-state index in [1.54, 1.807) is 13.0 Å². The van der Waals surface area contributed by atoms with Crippen molar-refractivity contribution in [2.45, 2.75) is 71.2 Å². The van der Waals surface area contributed by atoms with Gasteiger partial charge in [-0.3, -0.25) is 28.1 Å². The number of imidazole rings is 1. The van der Waals surface area contributed by atoms with E-state index in [2.05, 4.69) is 43.5 Å². The first kappa shape index (κ1) is 46.7. The molecule has 7 atom stereocenters. The summed E-state index contributed by atoms with van der Waals surface area (Å²) in [5.74, 6) is -1.23. The van der Waals surface area contributed by atoms with Crippen LogP contribution in [0, 0.1) is 5.41 Å². The highest BCUT2D eigenvalue weighted by molar-refractivity contribution is 8.14. The molecule has 6 N–H and O–H groups in total. The van der Waals surface area contributed by atoms with Crippen LogP contribution in [0.1, 0.15) is 46.8 Å². The highest BCUT2D eigenvalue weighted by atomic mass is 32.2. The minimum Gasteiger partial charge on any atom is -0.790 e. The van der Waals surface area contributed by atoms with Crippen LogP contribution >= 0.6 is 35.2 Å². The summed E-state index contributed by atoms with van der Waals surface area (Å²) in [5.41, 5.74) is 4.67. The Morgan fingerprint density at radius 3 is 2.44 bits per heavy atom. The number of nitrogen functional groups attached to an aromatic ring is 1. The largest absolute Gasteiger partial charge is 0.790 e. The molecule has 1 aliphatic rings. The molecule has 3 heterocycles. The van der Waals surface area contributed by atoms with Crippen molar-refractivity contribution in [1.29, 1.82) is 0 Å². The van der Waals surface area contributed by atoms with E-state index in [9.17, 15) is 57.9 Å². The molecule has 55 heavy (non-hydrogen) atoms. The van der Waals surface area contributed by atoms with Crippen molar-refractivity contribution >= 4 is 69.1 Å². The molecule has 0 aliphatic carbocycles. The summed E-state index contributed by atoms with van der Waals surface area (Å²) in [6, 6.07) is 0. The number of aliphatic hydroxyl groups excluding tert-OH is 2. The van der Waals surface area contributed by atoms with Gasteiger partial charge in [-0.05, 0) is 18.9 Å². The predicted octanol–water partition coefficient (Wildman–Crippen LogP) is -2.51. The number of fused-ring (bicyclic) bond motifs is 1. The van der Waals surface area contributed by atoms with Crippen LogP contribution in [0.15, 0.2) is 24.3 Å². The van der Waals surface area contributed by atoms with Crippen LogP contribution in [0.2, 0.25) is 0 Å². The second kappa shape index (κ2) is 19.6. The van der Waals surface area contributed by atoms with Crippen LogP contribution in [-0.4, -0.2) is 103 Å². The maximum absolute atomic E-state index is 12.5. The van der Waals surface area contributed by atoms with Crippen molar-refractivity contribution in [3.8, 4) is 0 Å². The molecule has 0 radical (unpaired) electrons. The normalized spacial score (nSPS) is 22.2. The number of carbonyl (C=O) groups excluding carboxylic acids is 3. The Morgan fingerprint density at radius 2 is 1.78 bits per heavy atom. The molecule has 0 spiro atoms. The van der Waals surface area contributed by atoms with Gasteiger partial charge in [0, 0.05) is 30.7 Å². The number of hydrogen-bond acceptors (Lipinski definition) is 22. The average Bonchev–Trinajstić information content (AvgIpc) is 3.64. The molecule has 1 aliphatic heterocycles. The number of aromatic nitrogens is 4. The van der Waals surface area contributed by atoms with Crippen LogP contribution in [0.5, 0.6) is 0 Å². The zero-order valence-electron chi connectivity index (χ0n) is 29.7. The van der Waals surface area contributed by atoms with Gasteiger partial charge in [0.2, 0.25) is 16.9 Å². The van der Waals surface area contributed by atoms with Gasteiger partial charge < -0.3 is 69.0 Å². The molecule has 2 aromatic rings. The number of allylic oxidation sites excluding steroid dienone is 1. The molecular weight excluding hydrogens is 819 g/mol. The molecule has 3 rings (SSSR count). The fourth-order valence-electron chi connectivity index (χ4n) is 4.75. The summed E-state index contributed by atoms with van der Waals surface area (Å²) in [6.45, 7) is 3.68. The third-order valence-corrected chi connectivity index (χ3v) is 11.5. The van der Waals surface area contributed by atoms with E-state index in [0.717, 1.165) is 29.0 Å². The average molecular weight is 860 g/mol. The van der Waals surface area contributed by atoms with Gasteiger partial charge in [0.25, 0.3) is 15.6 Å².